The Labute approximate surface area is 202 Å². The second kappa shape index (κ2) is 10.8. The number of nitrogens with one attached hydrogen (secondary N) is 1. The molecule has 0 saturated heterocycles. The molecular formula is C24H25ClFN5O3. The second-order valence-corrected chi connectivity index (χ2v) is 8.32. The molecule has 0 radical (unpaired) electrons. The molecule has 4 rings (SSSR count). The smallest absolute Gasteiger partial charge is 0.226 e. The number of carbonyl (C=O) groups excluding carboxylic acids is 1. The van der Waals surface area contributed by atoms with Crippen molar-refractivity contribution in [2.24, 2.45) is 0 Å². The zero-order valence-corrected chi connectivity index (χ0v) is 19.4. The number of aliphatic hydroxyl groups is 1. The molecule has 1 aliphatic heterocycles. The van der Waals surface area contributed by atoms with Crippen LogP contribution in [0.15, 0.2) is 48.8 Å². The number of amides is 1. The Hall–Kier alpha value is -3.27. The Morgan fingerprint density at radius 3 is 2.94 bits per heavy atom. The van der Waals surface area contributed by atoms with Gasteiger partial charge in [0.1, 0.15) is 18.2 Å². The Morgan fingerprint density at radius 2 is 2.12 bits per heavy atom. The Kier molecular flexibility index (Phi) is 7.56. The maximum atomic E-state index is 14.4. The molecule has 1 aromatic carbocycles. The van der Waals surface area contributed by atoms with E-state index in [2.05, 4.69) is 15.3 Å². The summed E-state index contributed by atoms with van der Waals surface area (Å²) in [4.78, 5) is 24.8. The van der Waals surface area contributed by atoms with Crippen molar-refractivity contribution < 1.29 is 19.0 Å². The van der Waals surface area contributed by atoms with Crippen LogP contribution >= 0.6 is 11.6 Å². The highest BCUT2D eigenvalue weighted by Crippen LogP contribution is 2.39. The first-order valence-electron chi connectivity index (χ1n) is 10.9. The fraction of sp³-hybridized carbons (Fsp3) is 0.292. The van der Waals surface area contributed by atoms with Crippen LogP contribution in [0.3, 0.4) is 0 Å². The van der Waals surface area contributed by atoms with Crippen molar-refractivity contribution in [3.05, 3.63) is 59.6 Å². The van der Waals surface area contributed by atoms with E-state index >= 15 is 0 Å². The van der Waals surface area contributed by atoms with Gasteiger partial charge in [-0.05, 0) is 37.4 Å². The van der Waals surface area contributed by atoms with Gasteiger partial charge in [0, 0.05) is 48.0 Å². The van der Waals surface area contributed by atoms with Crippen LogP contribution in [0.5, 0.6) is 5.75 Å². The molecule has 3 heterocycles. The molecule has 3 aromatic rings. The minimum atomic E-state index is -0.418. The fourth-order valence-electron chi connectivity index (χ4n) is 3.67. The molecule has 178 valence electrons. The molecule has 34 heavy (non-hydrogen) atoms. The van der Waals surface area contributed by atoms with Crippen molar-refractivity contribution in [1.82, 2.24) is 14.9 Å². The first kappa shape index (κ1) is 23.9. The van der Waals surface area contributed by atoms with E-state index in [0.29, 0.717) is 54.1 Å². The molecule has 0 aliphatic carbocycles. The molecule has 0 saturated carbocycles. The van der Waals surface area contributed by atoms with Crippen LogP contribution in [0.25, 0.3) is 11.3 Å². The third-order valence-electron chi connectivity index (χ3n) is 5.44. The van der Waals surface area contributed by atoms with Gasteiger partial charge in [-0.25, -0.2) is 9.37 Å². The summed E-state index contributed by atoms with van der Waals surface area (Å²) in [5.74, 6) is 0.417. The first-order valence-corrected chi connectivity index (χ1v) is 11.2. The lowest BCUT2D eigenvalue weighted by atomic mass is 10.1. The molecule has 2 N–H and O–H groups in total. The molecule has 0 unspecified atom stereocenters. The van der Waals surface area contributed by atoms with Gasteiger partial charge in [0.05, 0.1) is 30.7 Å². The number of fused-ring (bicyclic) bond motifs is 1. The number of carbonyl (C=O) groups is 1. The molecule has 0 atom stereocenters. The highest BCUT2D eigenvalue weighted by Gasteiger charge is 2.22. The fourth-order valence-corrected chi connectivity index (χ4v) is 3.84. The lowest BCUT2D eigenvalue weighted by molar-refractivity contribution is -0.116. The van der Waals surface area contributed by atoms with Crippen LogP contribution in [0, 0.1) is 5.82 Å². The molecule has 1 amide bonds. The third-order valence-corrected chi connectivity index (χ3v) is 5.67. The van der Waals surface area contributed by atoms with E-state index in [1.165, 1.54) is 18.2 Å². The zero-order valence-electron chi connectivity index (χ0n) is 18.7. The van der Waals surface area contributed by atoms with Crippen LogP contribution in [0.4, 0.5) is 21.6 Å². The number of hydrogen-bond donors (Lipinski definition) is 2. The van der Waals surface area contributed by atoms with Gasteiger partial charge in [0.2, 0.25) is 5.91 Å². The third kappa shape index (κ3) is 5.61. The summed E-state index contributed by atoms with van der Waals surface area (Å²) in [6.45, 7) is 2.08. The molecular weight excluding hydrogens is 461 g/mol. The zero-order chi connectivity index (χ0) is 24.1. The average Bonchev–Trinajstić information content (AvgIpc) is 2.84. The Balaban J connectivity index is 1.56. The summed E-state index contributed by atoms with van der Waals surface area (Å²) in [7, 11) is 1.84. The van der Waals surface area contributed by atoms with Gasteiger partial charge in [-0.15, -0.1) is 0 Å². The van der Waals surface area contributed by atoms with Gasteiger partial charge >= 0.3 is 0 Å². The predicted molar refractivity (Wildman–Crippen MR) is 129 cm³/mol. The van der Waals surface area contributed by atoms with Gasteiger partial charge in [0.25, 0.3) is 0 Å². The van der Waals surface area contributed by atoms with Crippen molar-refractivity contribution in [1.29, 1.82) is 0 Å². The molecule has 0 fully saturated rings. The van der Waals surface area contributed by atoms with Crippen molar-refractivity contribution in [3.8, 4) is 17.0 Å². The monoisotopic (exact) mass is 485 g/mol. The van der Waals surface area contributed by atoms with E-state index in [0.717, 1.165) is 11.4 Å². The van der Waals surface area contributed by atoms with Crippen LogP contribution in [-0.2, 0) is 4.79 Å². The van der Waals surface area contributed by atoms with E-state index in [9.17, 15) is 9.18 Å². The summed E-state index contributed by atoms with van der Waals surface area (Å²) < 4.78 is 20.2. The maximum absolute atomic E-state index is 14.4. The molecule has 0 spiro atoms. The molecule has 0 bridgehead atoms. The van der Waals surface area contributed by atoms with E-state index < -0.39 is 5.82 Å². The number of benzene rings is 1. The quantitative estimate of drug-likeness (QED) is 0.502. The number of aromatic nitrogens is 2. The van der Waals surface area contributed by atoms with Crippen LogP contribution < -0.4 is 15.0 Å². The van der Waals surface area contributed by atoms with Gasteiger partial charge in [-0.1, -0.05) is 11.6 Å². The predicted octanol–water partition coefficient (Wildman–Crippen LogP) is 3.72. The summed E-state index contributed by atoms with van der Waals surface area (Å²) in [6, 6.07) is 9.72. The van der Waals surface area contributed by atoms with Crippen LogP contribution in [0.1, 0.15) is 6.42 Å². The molecule has 2 aromatic heterocycles. The second-order valence-electron chi connectivity index (χ2n) is 7.89. The largest absolute Gasteiger partial charge is 0.488 e. The standard InChI is InChI=1S/C24H25ClFN5O3/c1-30(8-10-32)7-5-24(33)29-23-13-17(4-6-27-23)31-9-11-34-22-15-28-20(14-21(22)31)18-12-16(25)2-3-19(18)26/h2-4,6,12-15,32H,5,7-11H2,1H3,(H,27,29,33). The minimum Gasteiger partial charge on any atom is -0.488 e. The van der Waals surface area contributed by atoms with E-state index in [1.54, 1.807) is 24.5 Å². The van der Waals surface area contributed by atoms with Crippen LogP contribution in [0.2, 0.25) is 5.02 Å². The Bertz CT molecular complexity index is 1180. The summed E-state index contributed by atoms with van der Waals surface area (Å²) in [5, 5.41) is 12.2. The number of likely N-dealkylation sites (N-methyl/N-ethyl adjacent to an activating group) is 1. The number of pyridine rings is 2. The highest BCUT2D eigenvalue weighted by atomic mass is 35.5. The lowest BCUT2D eigenvalue weighted by Crippen LogP contribution is -2.29. The van der Waals surface area contributed by atoms with E-state index in [4.69, 9.17) is 21.4 Å². The number of hydrogen-bond acceptors (Lipinski definition) is 7. The highest BCUT2D eigenvalue weighted by molar-refractivity contribution is 6.30. The minimum absolute atomic E-state index is 0.0456. The number of anilines is 3. The van der Waals surface area contributed by atoms with Crippen molar-refractivity contribution in [3.63, 3.8) is 0 Å². The van der Waals surface area contributed by atoms with Gasteiger partial charge in [-0.3, -0.25) is 9.78 Å². The van der Waals surface area contributed by atoms with Crippen LogP contribution in [-0.4, -0.2) is 65.8 Å². The topological polar surface area (TPSA) is 90.8 Å². The van der Waals surface area contributed by atoms with Crippen molar-refractivity contribution in [2.45, 2.75) is 6.42 Å². The lowest BCUT2D eigenvalue weighted by Gasteiger charge is -2.31. The number of halogens is 2. The average molecular weight is 486 g/mol. The number of rotatable bonds is 8. The van der Waals surface area contributed by atoms with Gasteiger partial charge < -0.3 is 25.0 Å². The molecule has 1 aliphatic rings. The maximum Gasteiger partial charge on any atom is 0.226 e. The molecule has 8 nitrogen and oxygen atoms in total. The van der Waals surface area contributed by atoms with Crippen molar-refractivity contribution >= 4 is 34.7 Å². The van der Waals surface area contributed by atoms with E-state index in [1.807, 2.05) is 22.9 Å². The summed E-state index contributed by atoms with van der Waals surface area (Å²) in [5.41, 5.74) is 2.26. The summed E-state index contributed by atoms with van der Waals surface area (Å²) in [6.07, 6.45) is 3.48. The number of nitrogens with zero attached hydrogens (tertiary/aromatic N) is 4. The van der Waals surface area contributed by atoms with E-state index in [-0.39, 0.29) is 18.9 Å². The number of aliphatic hydroxyl groups excluding tert-OH is 1. The van der Waals surface area contributed by atoms with Gasteiger partial charge in [0.15, 0.2) is 5.75 Å². The SMILES string of the molecule is CN(CCO)CCC(=O)Nc1cc(N2CCOc3cnc(-c4cc(Cl)ccc4F)cc32)ccn1. The van der Waals surface area contributed by atoms with Crippen molar-refractivity contribution in [2.75, 3.05) is 50.1 Å². The summed E-state index contributed by atoms with van der Waals surface area (Å²) >= 11 is 6.06. The van der Waals surface area contributed by atoms with Gasteiger partial charge in [-0.2, -0.15) is 0 Å². The number of ether oxygens (including phenoxy) is 1. The Morgan fingerprint density at radius 1 is 1.26 bits per heavy atom. The normalized spacial score (nSPS) is 12.9. The molecule has 10 heteroatoms. The first-order chi connectivity index (χ1) is 16.4.